The molecule has 0 amide bonds. The van der Waals surface area contributed by atoms with Gasteiger partial charge in [0.05, 0.1) is 0 Å². The van der Waals surface area contributed by atoms with E-state index in [-0.39, 0.29) is 0 Å². The van der Waals surface area contributed by atoms with Crippen molar-refractivity contribution < 1.29 is 0 Å². The van der Waals surface area contributed by atoms with Gasteiger partial charge in [0.2, 0.25) is 0 Å². The minimum atomic E-state index is 0.418. The van der Waals surface area contributed by atoms with Gasteiger partial charge in [0.25, 0.3) is 0 Å². The minimum absolute atomic E-state index is 0.418. The zero-order chi connectivity index (χ0) is 9.15. The average molecular weight is 175 g/mol. The summed E-state index contributed by atoms with van der Waals surface area (Å²) in [6, 6.07) is 10.8. The van der Waals surface area contributed by atoms with Crippen molar-refractivity contribution in [2.75, 3.05) is 6.54 Å². The van der Waals surface area contributed by atoms with Crippen LogP contribution < -0.4 is 5.32 Å². The first-order valence-corrected chi connectivity index (χ1v) is 5.14. The summed E-state index contributed by atoms with van der Waals surface area (Å²) in [5.41, 5.74) is 1.87. The molecule has 0 bridgehead atoms. The van der Waals surface area contributed by atoms with Crippen LogP contribution in [0.3, 0.4) is 0 Å². The van der Waals surface area contributed by atoms with Gasteiger partial charge < -0.3 is 5.32 Å². The molecule has 1 fully saturated rings. The predicted molar refractivity (Wildman–Crippen MR) is 55.8 cm³/mol. The van der Waals surface area contributed by atoms with Crippen LogP contribution in [0.2, 0.25) is 0 Å². The maximum absolute atomic E-state index is 3.56. The highest BCUT2D eigenvalue weighted by Crippen LogP contribution is 2.26. The summed E-state index contributed by atoms with van der Waals surface area (Å²) in [5.74, 6) is 0. The third-order valence-corrected chi connectivity index (χ3v) is 3.17. The van der Waals surface area contributed by atoms with Gasteiger partial charge in [-0.15, -0.1) is 0 Å². The first kappa shape index (κ1) is 8.76. The van der Waals surface area contributed by atoms with Crippen molar-refractivity contribution in [3.63, 3.8) is 0 Å². The van der Waals surface area contributed by atoms with Crippen LogP contribution in [0.5, 0.6) is 0 Å². The lowest BCUT2D eigenvalue weighted by atomic mass is 9.80. The summed E-state index contributed by atoms with van der Waals surface area (Å²) < 4.78 is 0. The Bertz CT molecular complexity index is 256. The van der Waals surface area contributed by atoms with Crippen molar-refractivity contribution in [3.05, 3.63) is 35.9 Å². The Balaban J connectivity index is 2.05. The topological polar surface area (TPSA) is 12.0 Å². The third kappa shape index (κ3) is 1.75. The zero-order valence-corrected chi connectivity index (χ0v) is 8.22. The first-order chi connectivity index (χ1) is 6.35. The van der Waals surface area contributed by atoms with Crippen LogP contribution >= 0.6 is 0 Å². The molecule has 1 aromatic rings. The molecule has 0 aliphatic carbocycles. The molecule has 13 heavy (non-hydrogen) atoms. The molecular formula is C12H17N. The Kier molecular flexibility index (Phi) is 2.36. The molecule has 70 valence electrons. The Morgan fingerprint density at radius 1 is 1.31 bits per heavy atom. The summed E-state index contributed by atoms with van der Waals surface area (Å²) in [6.45, 7) is 3.47. The molecule has 0 spiro atoms. The number of nitrogens with one attached hydrogen (secondary N) is 1. The van der Waals surface area contributed by atoms with E-state index in [1.54, 1.807) is 0 Å². The van der Waals surface area contributed by atoms with Crippen LogP contribution in [0.4, 0.5) is 0 Å². The second kappa shape index (κ2) is 3.51. The molecule has 1 heteroatoms. The van der Waals surface area contributed by atoms with E-state index in [1.807, 2.05) is 0 Å². The van der Waals surface area contributed by atoms with Gasteiger partial charge in [0.1, 0.15) is 0 Å². The van der Waals surface area contributed by atoms with E-state index in [0.717, 1.165) is 0 Å². The molecule has 1 saturated heterocycles. The minimum Gasteiger partial charge on any atom is -0.311 e. The van der Waals surface area contributed by atoms with Crippen LogP contribution in [0.15, 0.2) is 30.3 Å². The lowest BCUT2D eigenvalue weighted by Crippen LogP contribution is -2.57. The van der Waals surface area contributed by atoms with Gasteiger partial charge in [-0.1, -0.05) is 37.3 Å². The Morgan fingerprint density at radius 2 is 2.00 bits per heavy atom. The number of rotatable bonds is 3. The maximum Gasteiger partial charge on any atom is 0.0231 e. The molecule has 0 aromatic heterocycles. The lowest BCUT2D eigenvalue weighted by Gasteiger charge is -2.43. The van der Waals surface area contributed by atoms with Crippen molar-refractivity contribution in [2.45, 2.75) is 31.7 Å². The average Bonchev–Trinajstić information content (AvgIpc) is 2.13. The van der Waals surface area contributed by atoms with E-state index in [1.165, 1.54) is 31.4 Å². The van der Waals surface area contributed by atoms with Gasteiger partial charge in [-0.25, -0.2) is 0 Å². The second-order valence-electron chi connectivity index (χ2n) is 3.97. The predicted octanol–water partition coefficient (Wildman–Crippen LogP) is 2.37. The van der Waals surface area contributed by atoms with Crippen LogP contribution in [-0.2, 0) is 6.42 Å². The Hall–Kier alpha value is -0.820. The number of benzene rings is 1. The summed E-state index contributed by atoms with van der Waals surface area (Å²) >= 11 is 0. The van der Waals surface area contributed by atoms with E-state index < -0.39 is 0 Å². The molecule has 1 aliphatic rings. The fraction of sp³-hybridized carbons (Fsp3) is 0.500. The quantitative estimate of drug-likeness (QED) is 0.743. The molecule has 1 unspecified atom stereocenters. The fourth-order valence-corrected chi connectivity index (χ4v) is 2.04. The Labute approximate surface area is 80.2 Å². The molecule has 1 aromatic carbocycles. The normalized spacial score (nSPS) is 26.8. The molecule has 1 N–H and O–H groups in total. The zero-order valence-electron chi connectivity index (χ0n) is 8.22. The standard InChI is InChI=1S/C12H17N/c1-2-12(8-9-13-12)10-11-6-4-3-5-7-11/h3-7,13H,2,8-10H2,1H3. The van der Waals surface area contributed by atoms with Crippen LogP contribution in [-0.4, -0.2) is 12.1 Å². The number of hydrogen-bond acceptors (Lipinski definition) is 1. The van der Waals surface area contributed by atoms with E-state index in [4.69, 9.17) is 0 Å². The van der Waals surface area contributed by atoms with E-state index in [2.05, 4.69) is 42.6 Å². The Morgan fingerprint density at radius 3 is 2.46 bits per heavy atom. The van der Waals surface area contributed by atoms with Crippen molar-refractivity contribution >= 4 is 0 Å². The van der Waals surface area contributed by atoms with Gasteiger partial charge >= 0.3 is 0 Å². The third-order valence-electron chi connectivity index (χ3n) is 3.17. The smallest absolute Gasteiger partial charge is 0.0231 e. The maximum atomic E-state index is 3.56. The molecule has 1 heterocycles. The molecule has 1 atom stereocenters. The van der Waals surface area contributed by atoms with Crippen molar-refractivity contribution in [2.24, 2.45) is 0 Å². The summed E-state index contributed by atoms with van der Waals surface area (Å²) in [7, 11) is 0. The second-order valence-corrected chi connectivity index (χ2v) is 3.97. The van der Waals surface area contributed by atoms with Gasteiger partial charge in [-0.05, 0) is 31.4 Å². The monoisotopic (exact) mass is 175 g/mol. The number of hydrogen-bond donors (Lipinski definition) is 1. The fourth-order valence-electron chi connectivity index (χ4n) is 2.04. The molecule has 1 aliphatic heterocycles. The van der Waals surface area contributed by atoms with E-state index >= 15 is 0 Å². The van der Waals surface area contributed by atoms with Crippen molar-refractivity contribution in [3.8, 4) is 0 Å². The van der Waals surface area contributed by atoms with Gasteiger partial charge in [0.15, 0.2) is 0 Å². The molecule has 0 radical (unpaired) electrons. The lowest BCUT2D eigenvalue weighted by molar-refractivity contribution is 0.198. The van der Waals surface area contributed by atoms with Crippen LogP contribution in [0.25, 0.3) is 0 Å². The highest BCUT2D eigenvalue weighted by atomic mass is 15.0. The molecule has 2 rings (SSSR count). The molecular weight excluding hydrogens is 158 g/mol. The van der Waals surface area contributed by atoms with Crippen LogP contribution in [0, 0.1) is 0 Å². The van der Waals surface area contributed by atoms with Gasteiger partial charge in [0, 0.05) is 5.54 Å². The molecule has 1 nitrogen and oxygen atoms in total. The van der Waals surface area contributed by atoms with E-state index in [9.17, 15) is 0 Å². The summed E-state index contributed by atoms with van der Waals surface area (Å²) in [6.07, 6.45) is 3.75. The van der Waals surface area contributed by atoms with Crippen LogP contribution in [0.1, 0.15) is 25.3 Å². The van der Waals surface area contributed by atoms with Gasteiger partial charge in [-0.2, -0.15) is 0 Å². The SMILES string of the molecule is CCC1(Cc2ccccc2)CCN1. The summed E-state index contributed by atoms with van der Waals surface area (Å²) in [4.78, 5) is 0. The summed E-state index contributed by atoms with van der Waals surface area (Å²) in [5, 5.41) is 3.56. The van der Waals surface area contributed by atoms with E-state index in [0.29, 0.717) is 5.54 Å². The van der Waals surface area contributed by atoms with Gasteiger partial charge in [-0.3, -0.25) is 0 Å². The largest absolute Gasteiger partial charge is 0.311 e. The highest BCUT2D eigenvalue weighted by Gasteiger charge is 2.34. The van der Waals surface area contributed by atoms with Crippen molar-refractivity contribution in [1.82, 2.24) is 5.32 Å². The highest BCUT2D eigenvalue weighted by molar-refractivity contribution is 5.19. The molecule has 0 saturated carbocycles. The first-order valence-electron chi connectivity index (χ1n) is 5.14. The van der Waals surface area contributed by atoms with Crippen molar-refractivity contribution in [1.29, 1.82) is 0 Å².